The smallest absolute Gasteiger partial charge is 0.325 e. The van der Waals surface area contributed by atoms with Gasteiger partial charge in [-0.1, -0.05) is 38.1 Å². The third-order valence-corrected chi connectivity index (χ3v) is 3.62. The second-order valence-electron chi connectivity index (χ2n) is 5.81. The van der Waals surface area contributed by atoms with E-state index in [4.69, 9.17) is 5.11 Å². The van der Waals surface area contributed by atoms with Gasteiger partial charge < -0.3 is 10.4 Å². The summed E-state index contributed by atoms with van der Waals surface area (Å²) in [5.74, 6) is -0.861. The van der Waals surface area contributed by atoms with Crippen molar-refractivity contribution >= 4 is 11.9 Å². The average Bonchev–Trinajstić information content (AvgIpc) is 2.95. The van der Waals surface area contributed by atoms with Crippen molar-refractivity contribution < 1.29 is 14.7 Å². The Morgan fingerprint density at radius 3 is 2.30 bits per heavy atom. The quantitative estimate of drug-likeness (QED) is 0.858. The summed E-state index contributed by atoms with van der Waals surface area (Å²) in [5.41, 5.74) is 2.46. The van der Waals surface area contributed by atoms with Crippen LogP contribution in [0.4, 0.5) is 0 Å². The number of aliphatic carboxylic acids is 1. The van der Waals surface area contributed by atoms with Gasteiger partial charge in [-0.3, -0.25) is 14.3 Å². The maximum absolute atomic E-state index is 12.2. The van der Waals surface area contributed by atoms with Crippen molar-refractivity contribution in [2.75, 3.05) is 0 Å². The number of carboxylic acids is 1. The molecule has 1 unspecified atom stereocenters. The zero-order valence-electron chi connectivity index (χ0n) is 13.5. The van der Waals surface area contributed by atoms with Gasteiger partial charge in [0.1, 0.15) is 12.2 Å². The Hall–Kier alpha value is -2.63. The van der Waals surface area contributed by atoms with Gasteiger partial charge in [-0.05, 0) is 30.0 Å². The Balaban J connectivity index is 2.01. The lowest BCUT2D eigenvalue weighted by atomic mass is 9.99. The summed E-state index contributed by atoms with van der Waals surface area (Å²) < 4.78 is 1.22. The molecule has 23 heavy (non-hydrogen) atoms. The van der Waals surface area contributed by atoms with Crippen LogP contribution in [0.2, 0.25) is 0 Å². The van der Waals surface area contributed by atoms with Crippen LogP contribution in [0.3, 0.4) is 0 Å². The van der Waals surface area contributed by atoms with Gasteiger partial charge >= 0.3 is 5.97 Å². The maximum atomic E-state index is 12.2. The fourth-order valence-corrected chi connectivity index (χ4v) is 2.23. The van der Waals surface area contributed by atoms with Gasteiger partial charge in [0.2, 0.25) is 0 Å². The number of rotatable bonds is 6. The highest BCUT2D eigenvalue weighted by molar-refractivity contribution is 5.92. The highest BCUT2D eigenvalue weighted by Gasteiger charge is 2.14. The van der Waals surface area contributed by atoms with E-state index < -0.39 is 5.97 Å². The van der Waals surface area contributed by atoms with Gasteiger partial charge in [-0.25, -0.2) is 0 Å². The molecule has 2 rings (SSSR count). The van der Waals surface area contributed by atoms with Crippen molar-refractivity contribution in [1.82, 2.24) is 15.1 Å². The molecule has 0 saturated heterocycles. The number of hydrogen-bond acceptors (Lipinski definition) is 3. The number of carbonyl (C=O) groups is 2. The summed E-state index contributed by atoms with van der Waals surface area (Å²) in [6, 6.07) is 9.47. The van der Waals surface area contributed by atoms with Crippen LogP contribution >= 0.6 is 0 Å². The van der Waals surface area contributed by atoms with Crippen molar-refractivity contribution in [2.24, 2.45) is 0 Å². The highest BCUT2D eigenvalue weighted by atomic mass is 16.4. The summed E-state index contributed by atoms with van der Waals surface area (Å²) in [6.45, 7) is 5.90. The van der Waals surface area contributed by atoms with Gasteiger partial charge in [-0.2, -0.15) is 5.10 Å². The first-order valence-electron chi connectivity index (χ1n) is 7.52. The Morgan fingerprint density at radius 2 is 1.74 bits per heavy atom. The molecule has 6 heteroatoms. The van der Waals surface area contributed by atoms with Crippen LogP contribution in [0.5, 0.6) is 0 Å². The molecule has 1 heterocycles. The monoisotopic (exact) mass is 315 g/mol. The maximum Gasteiger partial charge on any atom is 0.325 e. The number of amides is 1. The predicted molar refractivity (Wildman–Crippen MR) is 86.3 cm³/mol. The van der Waals surface area contributed by atoms with Gasteiger partial charge in [0.25, 0.3) is 5.91 Å². The second-order valence-corrected chi connectivity index (χ2v) is 5.81. The van der Waals surface area contributed by atoms with Crippen molar-refractivity contribution in [2.45, 2.75) is 39.3 Å². The number of hydrogen-bond donors (Lipinski definition) is 2. The van der Waals surface area contributed by atoms with Gasteiger partial charge in [-0.15, -0.1) is 0 Å². The minimum atomic E-state index is -1.00. The lowest BCUT2D eigenvalue weighted by molar-refractivity contribution is -0.137. The molecule has 0 bridgehead atoms. The SMILES string of the molecule is CC(C)c1ccc(C(C)NC(=O)c2ccn(CC(=O)O)n2)cc1. The molecule has 0 radical (unpaired) electrons. The fourth-order valence-electron chi connectivity index (χ4n) is 2.23. The lowest BCUT2D eigenvalue weighted by Crippen LogP contribution is -2.27. The molecule has 2 N–H and O–H groups in total. The van der Waals surface area contributed by atoms with Crippen LogP contribution in [0.1, 0.15) is 54.3 Å². The van der Waals surface area contributed by atoms with E-state index in [1.54, 1.807) is 0 Å². The molecule has 0 aliphatic rings. The van der Waals surface area contributed by atoms with Crippen LogP contribution < -0.4 is 5.32 Å². The summed E-state index contributed by atoms with van der Waals surface area (Å²) in [5, 5.41) is 15.5. The molecule has 2 aromatic rings. The number of aromatic nitrogens is 2. The largest absolute Gasteiger partial charge is 0.480 e. The summed E-state index contributed by atoms with van der Waals surface area (Å²) in [4.78, 5) is 22.8. The van der Waals surface area contributed by atoms with Crippen LogP contribution in [-0.4, -0.2) is 26.8 Å². The number of carboxylic acid groups (broad SMARTS) is 1. The van der Waals surface area contributed by atoms with Crippen LogP contribution in [0, 0.1) is 0 Å². The van der Waals surface area contributed by atoms with E-state index >= 15 is 0 Å². The number of benzene rings is 1. The molecule has 0 aliphatic heterocycles. The van der Waals surface area contributed by atoms with Crippen molar-refractivity contribution in [3.05, 3.63) is 53.3 Å². The second kappa shape index (κ2) is 7.09. The number of carbonyl (C=O) groups excluding carboxylic acids is 1. The van der Waals surface area contributed by atoms with Crippen LogP contribution in [0.15, 0.2) is 36.5 Å². The van der Waals surface area contributed by atoms with E-state index in [0.29, 0.717) is 5.92 Å². The van der Waals surface area contributed by atoms with Crippen LogP contribution in [0.25, 0.3) is 0 Å². The number of nitrogens with zero attached hydrogens (tertiary/aromatic N) is 2. The first-order valence-corrected chi connectivity index (χ1v) is 7.52. The lowest BCUT2D eigenvalue weighted by Gasteiger charge is -2.14. The molecule has 1 aromatic carbocycles. The first-order chi connectivity index (χ1) is 10.9. The third kappa shape index (κ3) is 4.42. The normalized spacial score (nSPS) is 12.2. The number of nitrogens with one attached hydrogen (secondary N) is 1. The van der Waals surface area contributed by atoms with Crippen LogP contribution in [-0.2, 0) is 11.3 Å². The molecule has 1 aromatic heterocycles. The minimum absolute atomic E-state index is 0.159. The topological polar surface area (TPSA) is 84.2 Å². The van der Waals surface area contributed by atoms with Crippen molar-refractivity contribution in [1.29, 1.82) is 0 Å². The highest BCUT2D eigenvalue weighted by Crippen LogP contribution is 2.18. The molecular formula is C17H21N3O3. The summed E-state index contributed by atoms with van der Waals surface area (Å²) in [7, 11) is 0. The molecule has 0 aliphatic carbocycles. The van der Waals surface area contributed by atoms with E-state index in [1.165, 1.54) is 22.5 Å². The molecule has 1 atom stereocenters. The zero-order valence-corrected chi connectivity index (χ0v) is 13.5. The Kier molecular flexibility index (Phi) is 5.16. The Labute approximate surface area is 135 Å². The van der Waals surface area contributed by atoms with E-state index in [0.717, 1.165) is 5.56 Å². The van der Waals surface area contributed by atoms with Crippen molar-refractivity contribution in [3.8, 4) is 0 Å². The Bertz CT molecular complexity index is 689. The minimum Gasteiger partial charge on any atom is -0.480 e. The molecule has 1 amide bonds. The van der Waals surface area contributed by atoms with Crippen molar-refractivity contribution in [3.63, 3.8) is 0 Å². The standard InChI is InChI=1S/C17H21N3O3/c1-11(2)13-4-6-14(7-5-13)12(3)18-17(23)15-8-9-20(19-15)10-16(21)22/h4-9,11-12H,10H2,1-3H3,(H,18,23)(H,21,22). The molecule has 0 fully saturated rings. The molecule has 6 nitrogen and oxygen atoms in total. The van der Waals surface area contributed by atoms with E-state index in [9.17, 15) is 9.59 Å². The summed E-state index contributed by atoms with van der Waals surface area (Å²) in [6.07, 6.45) is 1.48. The van der Waals surface area contributed by atoms with Gasteiger partial charge in [0.15, 0.2) is 0 Å². The van der Waals surface area contributed by atoms with Gasteiger partial charge in [0, 0.05) is 6.20 Å². The molecule has 0 spiro atoms. The average molecular weight is 315 g/mol. The van der Waals surface area contributed by atoms with E-state index in [1.807, 2.05) is 19.1 Å². The first kappa shape index (κ1) is 16.7. The zero-order chi connectivity index (χ0) is 17.0. The summed E-state index contributed by atoms with van der Waals surface area (Å²) >= 11 is 0. The molecule has 0 saturated carbocycles. The predicted octanol–water partition coefficient (Wildman–Crippen LogP) is 2.58. The molecule has 122 valence electrons. The fraction of sp³-hybridized carbons (Fsp3) is 0.353. The third-order valence-electron chi connectivity index (χ3n) is 3.62. The van der Waals surface area contributed by atoms with E-state index in [-0.39, 0.29) is 24.2 Å². The Morgan fingerprint density at radius 1 is 1.13 bits per heavy atom. The van der Waals surface area contributed by atoms with Gasteiger partial charge in [0.05, 0.1) is 6.04 Å². The molecular weight excluding hydrogens is 294 g/mol. The van der Waals surface area contributed by atoms with E-state index in [2.05, 4.69) is 36.4 Å².